The van der Waals surface area contributed by atoms with Crippen molar-refractivity contribution in [2.75, 3.05) is 13.1 Å². The third kappa shape index (κ3) is 4.81. The first-order chi connectivity index (χ1) is 7.35. The van der Waals surface area contributed by atoms with Crippen molar-refractivity contribution in [3.63, 3.8) is 0 Å². The number of piperidine rings is 1. The highest BCUT2D eigenvalue weighted by Crippen LogP contribution is 2.28. The molecule has 0 unspecified atom stereocenters. The molecular weight excluding hydrogens is 198 g/mol. The first-order valence-corrected chi connectivity index (χ1v) is 6.57. The molecule has 0 aromatic carbocycles. The fourth-order valence-corrected chi connectivity index (χ4v) is 3.04. The van der Waals surface area contributed by atoms with Crippen LogP contribution in [0.5, 0.6) is 0 Å². The third-order valence-electron chi connectivity index (χ3n) is 3.25. The molecule has 0 spiro atoms. The Kier molecular flexibility index (Phi) is 4.77. The molecule has 0 bridgehead atoms. The van der Waals surface area contributed by atoms with Gasteiger partial charge in [-0.05, 0) is 66.5 Å². The van der Waals surface area contributed by atoms with Gasteiger partial charge in [0.15, 0.2) is 0 Å². The van der Waals surface area contributed by atoms with Gasteiger partial charge in [-0.1, -0.05) is 0 Å². The summed E-state index contributed by atoms with van der Waals surface area (Å²) in [7, 11) is 0. The van der Waals surface area contributed by atoms with Gasteiger partial charge in [0.25, 0.3) is 0 Å². The lowest BCUT2D eigenvalue weighted by Gasteiger charge is -2.46. The SMILES string of the molecule is CC1(C)CC(NCCCCN)CC(C)(C)N1. The van der Waals surface area contributed by atoms with E-state index >= 15 is 0 Å². The van der Waals surface area contributed by atoms with Crippen LogP contribution in [0.1, 0.15) is 53.4 Å². The molecule has 0 aromatic heterocycles. The molecule has 0 amide bonds. The predicted octanol–water partition coefficient (Wildman–Crippen LogP) is 1.62. The van der Waals surface area contributed by atoms with Crippen molar-refractivity contribution in [2.24, 2.45) is 5.73 Å². The van der Waals surface area contributed by atoms with E-state index in [0.717, 1.165) is 19.5 Å². The minimum absolute atomic E-state index is 0.243. The van der Waals surface area contributed by atoms with Gasteiger partial charge in [0.2, 0.25) is 0 Å². The Morgan fingerprint density at radius 2 is 1.69 bits per heavy atom. The smallest absolute Gasteiger partial charge is 0.0144 e. The van der Waals surface area contributed by atoms with Gasteiger partial charge in [-0.2, -0.15) is 0 Å². The summed E-state index contributed by atoms with van der Waals surface area (Å²) < 4.78 is 0. The first kappa shape index (κ1) is 13.9. The van der Waals surface area contributed by atoms with Crippen LogP contribution < -0.4 is 16.4 Å². The Balaban J connectivity index is 2.36. The fourth-order valence-electron chi connectivity index (χ4n) is 3.04. The fraction of sp³-hybridized carbons (Fsp3) is 1.00. The van der Waals surface area contributed by atoms with Crippen molar-refractivity contribution >= 4 is 0 Å². The first-order valence-electron chi connectivity index (χ1n) is 6.57. The molecule has 0 atom stereocenters. The van der Waals surface area contributed by atoms with Gasteiger partial charge in [-0.15, -0.1) is 0 Å². The Morgan fingerprint density at radius 1 is 1.12 bits per heavy atom. The highest BCUT2D eigenvalue weighted by Gasteiger charge is 2.37. The molecule has 1 heterocycles. The molecule has 3 heteroatoms. The Bertz CT molecular complexity index is 195. The van der Waals surface area contributed by atoms with Crippen molar-refractivity contribution in [3.8, 4) is 0 Å². The molecule has 1 fully saturated rings. The molecular formula is C13H29N3. The van der Waals surface area contributed by atoms with E-state index in [9.17, 15) is 0 Å². The van der Waals surface area contributed by atoms with Crippen LogP contribution in [0.2, 0.25) is 0 Å². The zero-order valence-corrected chi connectivity index (χ0v) is 11.4. The van der Waals surface area contributed by atoms with Crippen molar-refractivity contribution < 1.29 is 0 Å². The van der Waals surface area contributed by atoms with Crippen LogP contribution in [0.15, 0.2) is 0 Å². The van der Waals surface area contributed by atoms with E-state index in [-0.39, 0.29) is 11.1 Å². The van der Waals surface area contributed by atoms with Gasteiger partial charge in [0.05, 0.1) is 0 Å². The second-order valence-corrected chi connectivity index (χ2v) is 6.45. The van der Waals surface area contributed by atoms with E-state index < -0.39 is 0 Å². The van der Waals surface area contributed by atoms with Gasteiger partial charge in [0, 0.05) is 17.1 Å². The molecule has 16 heavy (non-hydrogen) atoms. The summed E-state index contributed by atoms with van der Waals surface area (Å²) in [5.41, 5.74) is 5.98. The van der Waals surface area contributed by atoms with Crippen LogP contribution in [-0.2, 0) is 0 Å². The number of nitrogens with two attached hydrogens (primary N) is 1. The van der Waals surface area contributed by atoms with Crippen LogP contribution in [0, 0.1) is 0 Å². The van der Waals surface area contributed by atoms with Crippen LogP contribution in [0.25, 0.3) is 0 Å². The summed E-state index contributed by atoms with van der Waals surface area (Å²) in [6.07, 6.45) is 4.74. The van der Waals surface area contributed by atoms with Gasteiger partial charge in [-0.3, -0.25) is 0 Å². The largest absolute Gasteiger partial charge is 0.330 e. The molecule has 1 saturated heterocycles. The molecule has 3 nitrogen and oxygen atoms in total. The highest BCUT2D eigenvalue weighted by molar-refractivity contribution is 4.99. The quantitative estimate of drug-likeness (QED) is 0.626. The number of hydrogen-bond acceptors (Lipinski definition) is 3. The van der Waals surface area contributed by atoms with Crippen molar-refractivity contribution in [2.45, 2.75) is 70.5 Å². The van der Waals surface area contributed by atoms with Gasteiger partial charge in [0.1, 0.15) is 0 Å². The maximum absolute atomic E-state index is 5.50. The average Bonchev–Trinajstić information content (AvgIpc) is 2.07. The van der Waals surface area contributed by atoms with E-state index in [0.29, 0.717) is 6.04 Å². The molecule has 1 aliphatic heterocycles. The van der Waals surface area contributed by atoms with Gasteiger partial charge in [-0.25, -0.2) is 0 Å². The van der Waals surface area contributed by atoms with Gasteiger partial charge < -0.3 is 16.4 Å². The zero-order chi connectivity index (χ0) is 12.2. The molecule has 96 valence electrons. The number of unbranched alkanes of at least 4 members (excludes halogenated alkanes) is 1. The molecule has 1 rings (SSSR count). The summed E-state index contributed by atoms with van der Waals surface area (Å²) in [6.45, 7) is 11.1. The molecule has 0 aromatic rings. The maximum atomic E-state index is 5.50. The second-order valence-electron chi connectivity index (χ2n) is 6.45. The van der Waals surface area contributed by atoms with Crippen LogP contribution in [-0.4, -0.2) is 30.2 Å². The summed E-state index contributed by atoms with van der Waals surface area (Å²) in [6, 6.07) is 0.643. The number of rotatable bonds is 5. The summed E-state index contributed by atoms with van der Waals surface area (Å²) in [5, 5.41) is 7.38. The molecule has 0 radical (unpaired) electrons. The Morgan fingerprint density at radius 3 is 2.19 bits per heavy atom. The van der Waals surface area contributed by atoms with E-state index in [1.54, 1.807) is 0 Å². The highest BCUT2D eigenvalue weighted by atomic mass is 15.1. The Labute approximate surface area is 101 Å². The van der Waals surface area contributed by atoms with Crippen LogP contribution >= 0.6 is 0 Å². The standard InChI is InChI=1S/C13H29N3/c1-12(2)9-11(10-13(3,4)16-12)15-8-6-5-7-14/h11,15-16H,5-10,14H2,1-4H3. The molecule has 4 N–H and O–H groups in total. The van der Waals surface area contributed by atoms with Crippen molar-refractivity contribution in [1.29, 1.82) is 0 Å². The molecule has 0 saturated carbocycles. The van der Waals surface area contributed by atoms with Gasteiger partial charge >= 0.3 is 0 Å². The summed E-state index contributed by atoms with van der Waals surface area (Å²) >= 11 is 0. The third-order valence-corrected chi connectivity index (χ3v) is 3.25. The average molecular weight is 227 g/mol. The lowest BCUT2D eigenvalue weighted by atomic mass is 9.79. The monoisotopic (exact) mass is 227 g/mol. The summed E-state index contributed by atoms with van der Waals surface area (Å²) in [5.74, 6) is 0. The maximum Gasteiger partial charge on any atom is 0.0144 e. The van der Waals surface area contributed by atoms with E-state index in [1.807, 2.05) is 0 Å². The topological polar surface area (TPSA) is 50.1 Å². The second kappa shape index (κ2) is 5.48. The van der Waals surface area contributed by atoms with Crippen LogP contribution in [0.3, 0.4) is 0 Å². The number of hydrogen-bond donors (Lipinski definition) is 3. The minimum Gasteiger partial charge on any atom is -0.330 e. The lowest BCUT2D eigenvalue weighted by molar-refractivity contribution is 0.146. The lowest BCUT2D eigenvalue weighted by Crippen LogP contribution is -2.61. The Hall–Kier alpha value is -0.120. The van der Waals surface area contributed by atoms with Crippen LogP contribution in [0.4, 0.5) is 0 Å². The molecule has 0 aliphatic carbocycles. The molecule has 1 aliphatic rings. The van der Waals surface area contributed by atoms with E-state index in [1.165, 1.54) is 19.3 Å². The predicted molar refractivity (Wildman–Crippen MR) is 70.6 cm³/mol. The summed E-state index contributed by atoms with van der Waals surface area (Å²) in [4.78, 5) is 0. The van der Waals surface area contributed by atoms with Crippen molar-refractivity contribution in [3.05, 3.63) is 0 Å². The van der Waals surface area contributed by atoms with Crippen molar-refractivity contribution in [1.82, 2.24) is 10.6 Å². The normalized spacial score (nSPS) is 24.6. The number of nitrogens with one attached hydrogen (secondary N) is 2. The minimum atomic E-state index is 0.243. The van der Waals surface area contributed by atoms with E-state index in [4.69, 9.17) is 5.73 Å². The zero-order valence-electron chi connectivity index (χ0n) is 11.4. The van der Waals surface area contributed by atoms with E-state index in [2.05, 4.69) is 38.3 Å².